The van der Waals surface area contributed by atoms with Gasteiger partial charge in [-0.05, 0) is 30.7 Å². The third kappa shape index (κ3) is 3.84. The number of nitrogens with two attached hydrogens (primary N) is 1. The topological polar surface area (TPSA) is 103 Å². The van der Waals surface area contributed by atoms with E-state index in [1.165, 1.54) is 16.8 Å². The Morgan fingerprint density at radius 2 is 2.19 bits per heavy atom. The lowest BCUT2D eigenvalue weighted by Crippen LogP contribution is -2.31. The average molecular weight is 315 g/mol. The van der Waals surface area contributed by atoms with Gasteiger partial charge in [-0.2, -0.15) is 0 Å². The Morgan fingerprint density at radius 1 is 1.52 bits per heavy atom. The molecule has 0 bridgehead atoms. The second-order valence-corrected chi connectivity index (χ2v) is 7.20. The average Bonchev–Trinajstić information content (AvgIpc) is 3.06. The van der Waals surface area contributed by atoms with E-state index >= 15 is 0 Å². The Hall–Kier alpha value is -1.38. The Balaban J connectivity index is 2.00. The van der Waals surface area contributed by atoms with Crippen LogP contribution in [0.15, 0.2) is 17.2 Å². The van der Waals surface area contributed by atoms with Gasteiger partial charge in [0, 0.05) is 33.5 Å². The van der Waals surface area contributed by atoms with E-state index in [1.807, 2.05) is 0 Å². The number of nitrogens with one attached hydrogen (secondary N) is 1. The Bertz CT molecular complexity index is 632. The van der Waals surface area contributed by atoms with Crippen LogP contribution in [-0.2, 0) is 21.8 Å². The van der Waals surface area contributed by atoms with E-state index in [2.05, 4.69) is 5.32 Å². The molecule has 0 radical (unpaired) electrons. The highest BCUT2D eigenvalue weighted by atomic mass is 32.2. The molecule has 1 aliphatic carbocycles. The Morgan fingerprint density at radius 3 is 2.67 bits per heavy atom. The maximum absolute atomic E-state index is 12.2. The lowest BCUT2D eigenvalue weighted by molar-refractivity contribution is 0.0930. The minimum absolute atomic E-state index is 0.0596. The first-order chi connectivity index (χ1) is 9.77. The van der Waals surface area contributed by atoms with Gasteiger partial charge < -0.3 is 14.6 Å². The predicted molar refractivity (Wildman–Crippen MR) is 77.3 cm³/mol. The van der Waals surface area contributed by atoms with Crippen molar-refractivity contribution in [3.63, 3.8) is 0 Å². The van der Waals surface area contributed by atoms with E-state index in [0.717, 1.165) is 19.3 Å². The fourth-order valence-electron chi connectivity index (χ4n) is 2.28. The molecule has 21 heavy (non-hydrogen) atoms. The first-order valence-corrected chi connectivity index (χ1v) is 8.28. The van der Waals surface area contributed by atoms with Crippen molar-refractivity contribution < 1.29 is 17.9 Å². The Labute approximate surface area is 124 Å². The van der Waals surface area contributed by atoms with Crippen LogP contribution in [-0.4, -0.2) is 39.2 Å². The number of methoxy groups -OCH3 is 1. The quantitative estimate of drug-likeness (QED) is 0.751. The summed E-state index contributed by atoms with van der Waals surface area (Å²) in [6, 6.07) is 1.29. The number of amides is 1. The molecular weight excluding hydrogens is 294 g/mol. The van der Waals surface area contributed by atoms with Crippen molar-refractivity contribution in [2.75, 3.05) is 20.3 Å². The summed E-state index contributed by atoms with van der Waals surface area (Å²) in [4.78, 5) is 12.1. The van der Waals surface area contributed by atoms with Crippen LogP contribution in [0.25, 0.3) is 0 Å². The van der Waals surface area contributed by atoms with Crippen molar-refractivity contribution in [2.45, 2.75) is 24.2 Å². The number of hydrogen-bond acceptors (Lipinski definition) is 4. The molecule has 1 fully saturated rings. The zero-order valence-corrected chi connectivity index (χ0v) is 13.1. The van der Waals surface area contributed by atoms with Crippen LogP contribution in [0.1, 0.15) is 29.8 Å². The highest BCUT2D eigenvalue weighted by molar-refractivity contribution is 7.89. The van der Waals surface area contributed by atoms with Crippen LogP contribution in [0.2, 0.25) is 0 Å². The molecule has 1 aromatic rings. The molecule has 0 saturated heterocycles. The number of carbonyl (C=O) groups is 1. The molecule has 3 N–H and O–H groups in total. The van der Waals surface area contributed by atoms with Crippen molar-refractivity contribution in [3.8, 4) is 0 Å². The SMILES string of the molecule is COCCC1(CNC(=O)c2cc(S(N)(=O)=O)cn2C)CC1. The third-order valence-corrected chi connectivity index (χ3v) is 4.84. The number of ether oxygens (including phenoxy) is 1. The standard InChI is InChI=1S/C13H21N3O4S/c1-16-8-10(21(14,18)19)7-11(16)12(17)15-9-13(3-4-13)5-6-20-2/h7-8H,3-6,9H2,1-2H3,(H,15,17)(H2,14,18,19). The first kappa shape index (κ1) is 16.0. The van der Waals surface area contributed by atoms with Crippen LogP contribution in [0.4, 0.5) is 0 Å². The molecular formula is C13H21N3O4S. The molecule has 1 aromatic heterocycles. The van der Waals surface area contributed by atoms with Crippen molar-refractivity contribution in [1.82, 2.24) is 9.88 Å². The van der Waals surface area contributed by atoms with E-state index < -0.39 is 10.0 Å². The van der Waals surface area contributed by atoms with Crippen molar-refractivity contribution in [3.05, 3.63) is 18.0 Å². The van der Waals surface area contributed by atoms with Gasteiger partial charge in [-0.15, -0.1) is 0 Å². The van der Waals surface area contributed by atoms with E-state index in [0.29, 0.717) is 13.2 Å². The number of rotatable bonds is 7. The molecule has 0 aliphatic heterocycles. The third-order valence-electron chi connectivity index (χ3n) is 3.96. The molecule has 0 atom stereocenters. The summed E-state index contributed by atoms with van der Waals surface area (Å²) in [5.74, 6) is -0.295. The van der Waals surface area contributed by atoms with Gasteiger partial charge >= 0.3 is 0 Å². The number of sulfonamides is 1. The summed E-state index contributed by atoms with van der Waals surface area (Å²) < 4.78 is 29.1. The molecule has 0 unspecified atom stereocenters. The van der Waals surface area contributed by atoms with Crippen LogP contribution in [0.3, 0.4) is 0 Å². The molecule has 1 saturated carbocycles. The van der Waals surface area contributed by atoms with Crippen molar-refractivity contribution in [2.24, 2.45) is 17.6 Å². The minimum Gasteiger partial charge on any atom is -0.385 e. The van der Waals surface area contributed by atoms with Crippen molar-refractivity contribution in [1.29, 1.82) is 0 Å². The maximum Gasteiger partial charge on any atom is 0.267 e. The molecule has 118 valence electrons. The fourth-order valence-corrected chi connectivity index (χ4v) is 2.87. The largest absolute Gasteiger partial charge is 0.385 e. The summed E-state index contributed by atoms with van der Waals surface area (Å²) in [5.41, 5.74) is 0.418. The summed E-state index contributed by atoms with van der Waals surface area (Å²) in [7, 11) is -0.526. The Kier molecular flexibility index (Phi) is 4.40. The zero-order valence-electron chi connectivity index (χ0n) is 12.3. The number of primary sulfonamides is 1. The number of hydrogen-bond donors (Lipinski definition) is 2. The molecule has 0 spiro atoms. The summed E-state index contributed by atoms with van der Waals surface area (Å²) in [5, 5.41) is 7.93. The molecule has 1 amide bonds. The second-order valence-electron chi connectivity index (χ2n) is 5.64. The number of nitrogens with zero attached hydrogens (tertiary/aromatic N) is 1. The molecule has 8 heteroatoms. The number of carbonyl (C=O) groups excluding carboxylic acids is 1. The van der Waals surface area contributed by atoms with E-state index in [1.54, 1.807) is 14.2 Å². The van der Waals surface area contributed by atoms with Gasteiger partial charge in [-0.3, -0.25) is 4.79 Å². The van der Waals surface area contributed by atoms with E-state index in [-0.39, 0.29) is 21.9 Å². The number of aromatic nitrogens is 1. The second kappa shape index (κ2) is 5.78. The van der Waals surface area contributed by atoms with E-state index in [9.17, 15) is 13.2 Å². The summed E-state index contributed by atoms with van der Waals surface area (Å²) >= 11 is 0. The number of aryl methyl sites for hydroxylation is 1. The predicted octanol–water partition coefficient (Wildman–Crippen LogP) is 0.219. The van der Waals surface area contributed by atoms with Crippen LogP contribution >= 0.6 is 0 Å². The molecule has 1 heterocycles. The van der Waals surface area contributed by atoms with Crippen LogP contribution in [0, 0.1) is 5.41 Å². The molecule has 0 aromatic carbocycles. The van der Waals surface area contributed by atoms with Gasteiger partial charge in [-0.25, -0.2) is 13.6 Å². The normalized spacial score (nSPS) is 16.7. The lowest BCUT2D eigenvalue weighted by atomic mass is 10.0. The van der Waals surface area contributed by atoms with Gasteiger partial charge in [0.05, 0.1) is 0 Å². The van der Waals surface area contributed by atoms with Crippen LogP contribution < -0.4 is 10.5 Å². The molecule has 7 nitrogen and oxygen atoms in total. The summed E-state index contributed by atoms with van der Waals surface area (Å²) in [6.07, 6.45) is 4.40. The first-order valence-electron chi connectivity index (χ1n) is 6.74. The summed E-state index contributed by atoms with van der Waals surface area (Å²) in [6.45, 7) is 1.25. The van der Waals surface area contributed by atoms with Gasteiger partial charge in [0.25, 0.3) is 5.91 Å². The van der Waals surface area contributed by atoms with Gasteiger partial charge in [-0.1, -0.05) is 0 Å². The monoisotopic (exact) mass is 315 g/mol. The van der Waals surface area contributed by atoms with Crippen molar-refractivity contribution >= 4 is 15.9 Å². The van der Waals surface area contributed by atoms with Crippen LogP contribution in [0.5, 0.6) is 0 Å². The minimum atomic E-state index is -3.80. The fraction of sp³-hybridized carbons (Fsp3) is 0.615. The maximum atomic E-state index is 12.2. The zero-order chi connectivity index (χ0) is 15.7. The lowest BCUT2D eigenvalue weighted by Gasteiger charge is -2.15. The van der Waals surface area contributed by atoms with Gasteiger partial charge in [0.15, 0.2) is 0 Å². The smallest absolute Gasteiger partial charge is 0.267 e. The van der Waals surface area contributed by atoms with Gasteiger partial charge in [0.1, 0.15) is 10.6 Å². The van der Waals surface area contributed by atoms with E-state index in [4.69, 9.17) is 9.88 Å². The molecule has 2 rings (SSSR count). The molecule has 1 aliphatic rings. The highest BCUT2D eigenvalue weighted by Gasteiger charge is 2.42. The van der Waals surface area contributed by atoms with Gasteiger partial charge in [0.2, 0.25) is 10.0 Å². The highest BCUT2D eigenvalue weighted by Crippen LogP contribution is 2.48.